The summed E-state index contributed by atoms with van der Waals surface area (Å²) in [6.45, 7) is 5.66. The first-order valence-corrected chi connectivity index (χ1v) is 8.55. The maximum atomic E-state index is 12.9. The van der Waals surface area contributed by atoms with Gasteiger partial charge in [0.1, 0.15) is 0 Å². The third-order valence-corrected chi connectivity index (χ3v) is 4.88. The van der Waals surface area contributed by atoms with Crippen molar-refractivity contribution in [2.24, 2.45) is 11.7 Å². The number of carbonyl (C=O) groups excluding carboxylic acids is 1. The molecule has 1 aliphatic rings. The van der Waals surface area contributed by atoms with Gasteiger partial charge in [-0.1, -0.05) is 19.9 Å². The zero-order valence-electron chi connectivity index (χ0n) is 14.9. The third-order valence-electron chi connectivity index (χ3n) is 4.88. The van der Waals surface area contributed by atoms with Gasteiger partial charge in [-0.05, 0) is 37.7 Å². The first-order valence-electron chi connectivity index (χ1n) is 8.55. The molecule has 2 heterocycles. The molecule has 1 atom stereocenters. The molecule has 3 rings (SSSR count). The Bertz CT molecular complexity index is 896. The first kappa shape index (κ1) is 18.4. The maximum absolute atomic E-state index is 12.9. The molecule has 2 aromatic heterocycles. The minimum atomic E-state index is -4.17. The van der Waals surface area contributed by atoms with Gasteiger partial charge in [0.15, 0.2) is 5.65 Å². The number of hydrogen-bond acceptors (Lipinski definition) is 3. The molecule has 8 heteroatoms. The van der Waals surface area contributed by atoms with Crippen molar-refractivity contribution < 1.29 is 18.0 Å². The lowest BCUT2D eigenvalue weighted by Gasteiger charge is -2.24. The number of amides is 1. The molecule has 1 amide bonds. The van der Waals surface area contributed by atoms with Crippen LogP contribution in [0.4, 0.5) is 13.2 Å². The van der Waals surface area contributed by atoms with Crippen molar-refractivity contribution >= 4 is 17.1 Å². The first-order chi connectivity index (χ1) is 12.1. The fourth-order valence-electron chi connectivity index (χ4n) is 3.59. The lowest BCUT2D eigenvalue weighted by Crippen LogP contribution is -2.24. The molecule has 0 fully saturated rings. The maximum Gasteiger partial charge on any atom is 0.392 e. The second-order valence-corrected chi connectivity index (χ2v) is 7.01. The van der Waals surface area contributed by atoms with Crippen LogP contribution in [0.25, 0.3) is 11.2 Å². The van der Waals surface area contributed by atoms with Crippen molar-refractivity contribution in [3.63, 3.8) is 0 Å². The zero-order chi connectivity index (χ0) is 19.2. The van der Waals surface area contributed by atoms with Crippen LogP contribution in [0.2, 0.25) is 0 Å². The summed E-state index contributed by atoms with van der Waals surface area (Å²) in [5.41, 5.74) is 9.20. The Balaban J connectivity index is 2.12. The lowest BCUT2D eigenvalue weighted by atomic mass is 9.87. The average molecular weight is 366 g/mol. The van der Waals surface area contributed by atoms with E-state index in [0.717, 1.165) is 5.57 Å². The number of allylic oxidation sites excluding steroid dienone is 2. The molecule has 0 saturated heterocycles. The highest BCUT2D eigenvalue weighted by molar-refractivity contribution is 5.95. The van der Waals surface area contributed by atoms with Gasteiger partial charge in [0.05, 0.1) is 29.1 Å². The fourth-order valence-corrected chi connectivity index (χ4v) is 3.59. The Hall–Kier alpha value is -2.38. The Kier molecular flexibility index (Phi) is 4.54. The summed E-state index contributed by atoms with van der Waals surface area (Å²) in [4.78, 5) is 16.3. The molecule has 1 unspecified atom stereocenters. The standard InChI is InChI=1S/C18H21F3N4O/c1-9(2)14-13(16(22)26)8-23-25-15(10(3)24-17(14)25)11-4-6-12(7-5-11)18(19,20)21/h4,8-9,12H,5-7H2,1-3H3,(H2,22,26). The largest absolute Gasteiger partial charge is 0.392 e. The highest BCUT2D eigenvalue weighted by Gasteiger charge is 2.40. The van der Waals surface area contributed by atoms with Gasteiger partial charge in [-0.25, -0.2) is 9.50 Å². The van der Waals surface area contributed by atoms with E-state index in [9.17, 15) is 18.0 Å². The summed E-state index contributed by atoms with van der Waals surface area (Å²) < 4.78 is 40.3. The van der Waals surface area contributed by atoms with Crippen molar-refractivity contribution in [2.75, 3.05) is 0 Å². The van der Waals surface area contributed by atoms with E-state index < -0.39 is 18.0 Å². The van der Waals surface area contributed by atoms with Crippen LogP contribution in [-0.4, -0.2) is 26.7 Å². The van der Waals surface area contributed by atoms with Crippen LogP contribution in [0, 0.1) is 12.8 Å². The molecular formula is C18H21F3N4O. The number of alkyl halides is 3. The zero-order valence-corrected chi connectivity index (χ0v) is 14.9. The van der Waals surface area contributed by atoms with Gasteiger partial charge >= 0.3 is 6.18 Å². The second kappa shape index (κ2) is 6.41. The van der Waals surface area contributed by atoms with E-state index in [1.807, 2.05) is 13.8 Å². The number of imidazole rings is 1. The predicted molar refractivity (Wildman–Crippen MR) is 91.7 cm³/mol. The molecule has 2 N–H and O–H groups in total. The Morgan fingerprint density at radius 2 is 2.08 bits per heavy atom. The van der Waals surface area contributed by atoms with Crippen molar-refractivity contribution in [1.29, 1.82) is 0 Å². The van der Waals surface area contributed by atoms with Crippen molar-refractivity contribution in [3.8, 4) is 0 Å². The molecular weight excluding hydrogens is 345 g/mol. The molecule has 0 radical (unpaired) electrons. The SMILES string of the molecule is Cc1nc2c(C(C)C)c(C(N)=O)cnn2c1C1=CCC(C(F)(F)F)CC1. The molecule has 26 heavy (non-hydrogen) atoms. The fraction of sp³-hybridized carbons (Fsp3) is 0.500. The number of nitrogens with two attached hydrogens (primary N) is 1. The number of aryl methyl sites for hydroxylation is 1. The van der Waals surface area contributed by atoms with Crippen LogP contribution in [0.5, 0.6) is 0 Å². The quantitative estimate of drug-likeness (QED) is 0.892. The van der Waals surface area contributed by atoms with E-state index in [0.29, 0.717) is 34.6 Å². The molecule has 0 aliphatic heterocycles. The van der Waals surface area contributed by atoms with Crippen molar-refractivity contribution in [1.82, 2.24) is 14.6 Å². The number of carbonyl (C=O) groups is 1. The third kappa shape index (κ3) is 3.08. The monoisotopic (exact) mass is 366 g/mol. The highest BCUT2D eigenvalue weighted by Crippen LogP contribution is 2.40. The minimum Gasteiger partial charge on any atom is -0.366 e. The number of nitrogens with zero attached hydrogens (tertiary/aromatic N) is 3. The van der Waals surface area contributed by atoms with E-state index in [1.165, 1.54) is 6.20 Å². The van der Waals surface area contributed by atoms with Gasteiger partial charge < -0.3 is 5.73 Å². The van der Waals surface area contributed by atoms with Crippen LogP contribution >= 0.6 is 0 Å². The van der Waals surface area contributed by atoms with E-state index in [2.05, 4.69) is 10.1 Å². The molecule has 0 spiro atoms. The van der Waals surface area contributed by atoms with Crippen molar-refractivity contribution in [3.05, 3.63) is 34.8 Å². The summed E-state index contributed by atoms with van der Waals surface area (Å²) >= 11 is 0. The van der Waals surface area contributed by atoms with E-state index >= 15 is 0 Å². The smallest absolute Gasteiger partial charge is 0.366 e. The second-order valence-electron chi connectivity index (χ2n) is 7.01. The van der Waals surface area contributed by atoms with Gasteiger partial charge in [-0.15, -0.1) is 0 Å². The molecule has 2 aromatic rings. The number of hydrogen-bond donors (Lipinski definition) is 1. The normalized spacial score (nSPS) is 18.4. The Morgan fingerprint density at radius 1 is 1.38 bits per heavy atom. The number of aromatic nitrogens is 3. The summed E-state index contributed by atoms with van der Waals surface area (Å²) in [5, 5.41) is 4.30. The van der Waals surface area contributed by atoms with Gasteiger partial charge in [0.2, 0.25) is 0 Å². The van der Waals surface area contributed by atoms with Crippen LogP contribution < -0.4 is 5.73 Å². The average Bonchev–Trinajstić information content (AvgIpc) is 2.88. The highest BCUT2D eigenvalue weighted by atomic mass is 19.4. The number of rotatable bonds is 3. The molecule has 0 bridgehead atoms. The van der Waals surface area contributed by atoms with Crippen LogP contribution in [-0.2, 0) is 0 Å². The summed E-state index contributed by atoms with van der Waals surface area (Å²) in [6.07, 6.45) is -0.792. The van der Waals surface area contributed by atoms with Crippen LogP contribution in [0.15, 0.2) is 12.3 Å². The van der Waals surface area contributed by atoms with Gasteiger partial charge in [0.25, 0.3) is 5.91 Å². The van der Waals surface area contributed by atoms with Crippen LogP contribution in [0.1, 0.15) is 66.3 Å². The molecule has 1 aliphatic carbocycles. The van der Waals surface area contributed by atoms with Gasteiger partial charge in [-0.2, -0.15) is 18.3 Å². The summed E-state index contributed by atoms with van der Waals surface area (Å²) in [5.74, 6) is -1.88. The molecule has 5 nitrogen and oxygen atoms in total. The van der Waals surface area contributed by atoms with Crippen LogP contribution in [0.3, 0.4) is 0 Å². The topological polar surface area (TPSA) is 73.3 Å². The molecule has 140 valence electrons. The Morgan fingerprint density at radius 3 is 2.58 bits per heavy atom. The molecule has 0 saturated carbocycles. The van der Waals surface area contributed by atoms with Gasteiger partial charge in [-0.3, -0.25) is 4.79 Å². The Labute approximate surface area is 149 Å². The number of halogens is 3. The van der Waals surface area contributed by atoms with E-state index in [4.69, 9.17) is 5.73 Å². The summed E-state index contributed by atoms with van der Waals surface area (Å²) in [7, 11) is 0. The van der Waals surface area contributed by atoms with E-state index in [1.54, 1.807) is 17.5 Å². The molecule has 0 aromatic carbocycles. The summed E-state index contributed by atoms with van der Waals surface area (Å²) in [6, 6.07) is 0. The lowest BCUT2D eigenvalue weighted by molar-refractivity contribution is -0.175. The number of primary amides is 1. The van der Waals surface area contributed by atoms with Crippen molar-refractivity contribution in [2.45, 2.75) is 52.1 Å². The van der Waals surface area contributed by atoms with Gasteiger partial charge in [0, 0.05) is 5.56 Å². The van der Waals surface area contributed by atoms with E-state index in [-0.39, 0.29) is 18.8 Å². The number of fused-ring (bicyclic) bond motifs is 1. The predicted octanol–water partition coefficient (Wildman–Crippen LogP) is 4.01. The minimum absolute atomic E-state index is 0.00686.